The Balaban J connectivity index is 0.00000261. The minimum atomic E-state index is 0. The van der Waals surface area contributed by atoms with Crippen molar-refractivity contribution in [3.05, 3.63) is 57.6 Å². The largest absolute Gasteiger partial charge is 0.493 e. The van der Waals surface area contributed by atoms with Gasteiger partial charge in [-0.3, -0.25) is 0 Å². The maximum atomic E-state index is 6.01. The highest BCUT2D eigenvalue weighted by Gasteiger charge is 2.15. The summed E-state index contributed by atoms with van der Waals surface area (Å²) in [6.45, 7) is 5.12. The smallest absolute Gasteiger partial charge is 0.175 e. The molecule has 1 unspecified atom stereocenters. The first-order valence-corrected chi connectivity index (χ1v) is 9.82. The summed E-state index contributed by atoms with van der Waals surface area (Å²) in [6.07, 6.45) is 2.65. The van der Waals surface area contributed by atoms with Gasteiger partial charge in [0.2, 0.25) is 0 Å². The number of hydrogen-bond acceptors (Lipinski definition) is 4. The van der Waals surface area contributed by atoms with Crippen LogP contribution in [-0.4, -0.2) is 26.4 Å². The molecule has 1 N–H and O–H groups in total. The van der Waals surface area contributed by atoms with Crippen LogP contribution in [0.4, 0.5) is 0 Å². The number of hydrogen-bond donors (Lipinski definition) is 1. The van der Waals surface area contributed by atoms with Crippen LogP contribution in [0.25, 0.3) is 0 Å². The van der Waals surface area contributed by atoms with Crippen molar-refractivity contribution in [2.24, 2.45) is 0 Å². The van der Waals surface area contributed by atoms with E-state index < -0.39 is 0 Å². The molecule has 0 saturated carbocycles. The molecule has 1 fully saturated rings. The van der Waals surface area contributed by atoms with E-state index in [4.69, 9.17) is 14.2 Å². The number of aryl methyl sites for hydroxylation is 1. The Hall–Kier alpha value is -1.27. The summed E-state index contributed by atoms with van der Waals surface area (Å²) < 4.78 is 18.1. The number of nitrogens with one attached hydrogen (secondary N) is 1. The van der Waals surface area contributed by atoms with Gasteiger partial charge < -0.3 is 19.5 Å². The molecule has 0 amide bonds. The molecule has 1 atom stereocenters. The van der Waals surface area contributed by atoms with E-state index in [-0.39, 0.29) is 12.4 Å². The van der Waals surface area contributed by atoms with E-state index in [1.807, 2.05) is 6.07 Å². The van der Waals surface area contributed by atoms with E-state index in [0.29, 0.717) is 12.7 Å². The van der Waals surface area contributed by atoms with Crippen molar-refractivity contribution in [3.63, 3.8) is 0 Å². The van der Waals surface area contributed by atoms with Gasteiger partial charge in [-0.05, 0) is 59.0 Å². The van der Waals surface area contributed by atoms with Gasteiger partial charge in [-0.2, -0.15) is 0 Å². The summed E-state index contributed by atoms with van der Waals surface area (Å²) in [6, 6.07) is 12.5. The molecule has 4 nitrogen and oxygen atoms in total. The van der Waals surface area contributed by atoms with Crippen LogP contribution in [0, 0.1) is 6.92 Å². The second kappa shape index (κ2) is 10.9. The molecule has 1 heterocycles. The van der Waals surface area contributed by atoms with Crippen LogP contribution in [0.5, 0.6) is 11.5 Å². The summed E-state index contributed by atoms with van der Waals surface area (Å²) >= 11 is 3.62. The molecule has 3 rings (SSSR count). The van der Waals surface area contributed by atoms with Gasteiger partial charge in [0.05, 0.1) is 17.7 Å². The summed E-state index contributed by atoms with van der Waals surface area (Å²) in [5, 5.41) is 3.46. The molecule has 0 aliphatic carbocycles. The second-order valence-corrected chi connectivity index (χ2v) is 7.50. The number of halogens is 2. The van der Waals surface area contributed by atoms with Crippen LogP contribution in [0.1, 0.15) is 29.5 Å². The minimum absolute atomic E-state index is 0. The number of methoxy groups -OCH3 is 1. The van der Waals surface area contributed by atoms with Crippen LogP contribution in [0.15, 0.2) is 40.9 Å². The van der Waals surface area contributed by atoms with Gasteiger partial charge in [0, 0.05) is 19.7 Å². The minimum Gasteiger partial charge on any atom is -0.493 e. The van der Waals surface area contributed by atoms with Crippen molar-refractivity contribution in [1.82, 2.24) is 5.32 Å². The molecular weight excluding hydrogens is 430 g/mol. The van der Waals surface area contributed by atoms with E-state index >= 15 is 0 Å². The molecule has 27 heavy (non-hydrogen) atoms. The molecule has 1 aliphatic heterocycles. The van der Waals surface area contributed by atoms with Crippen LogP contribution in [0.3, 0.4) is 0 Å². The molecule has 2 aromatic rings. The number of benzene rings is 2. The van der Waals surface area contributed by atoms with Gasteiger partial charge in [0.15, 0.2) is 11.5 Å². The van der Waals surface area contributed by atoms with Crippen molar-refractivity contribution in [1.29, 1.82) is 0 Å². The highest BCUT2D eigenvalue weighted by Crippen LogP contribution is 2.37. The molecule has 6 heteroatoms. The Morgan fingerprint density at radius 2 is 1.96 bits per heavy atom. The topological polar surface area (TPSA) is 39.7 Å². The van der Waals surface area contributed by atoms with Crippen molar-refractivity contribution >= 4 is 28.3 Å². The van der Waals surface area contributed by atoms with Gasteiger partial charge in [0.1, 0.15) is 6.61 Å². The normalized spacial score (nSPS) is 16.0. The lowest BCUT2D eigenvalue weighted by Gasteiger charge is -2.16. The molecular formula is C21H27BrClNO3. The van der Waals surface area contributed by atoms with Crippen LogP contribution in [0.2, 0.25) is 0 Å². The Labute approximate surface area is 176 Å². The highest BCUT2D eigenvalue weighted by atomic mass is 79.9. The first-order chi connectivity index (χ1) is 12.7. The van der Waals surface area contributed by atoms with Gasteiger partial charge >= 0.3 is 0 Å². The predicted molar refractivity (Wildman–Crippen MR) is 114 cm³/mol. The average molecular weight is 457 g/mol. The van der Waals surface area contributed by atoms with Crippen LogP contribution >= 0.6 is 28.3 Å². The zero-order valence-electron chi connectivity index (χ0n) is 15.8. The Bertz CT molecular complexity index is 718. The van der Waals surface area contributed by atoms with Gasteiger partial charge in [-0.15, -0.1) is 12.4 Å². The predicted octanol–water partition coefficient (Wildman–Crippen LogP) is 5.04. The lowest BCUT2D eigenvalue weighted by atomic mass is 10.1. The maximum absolute atomic E-state index is 6.01. The molecule has 2 aromatic carbocycles. The molecule has 0 radical (unpaired) electrons. The zero-order chi connectivity index (χ0) is 18.4. The van der Waals surface area contributed by atoms with Crippen molar-refractivity contribution in [3.8, 4) is 11.5 Å². The van der Waals surface area contributed by atoms with E-state index in [1.54, 1.807) is 7.11 Å². The molecule has 0 aromatic heterocycles. The maximum Gasteiger partial charge on any atom is 0.175 e. The highest BCUT2D eigenvalue weighted by molar-refractivity contribution is 9.10. The molecule has 0 spiro atoms. The van der Waals surface area contributed by atoms with E-state index in [0.717, 1.165) is 53.2 Å². The fourth-order valence-electron chi connectivity index (χ4n) is 3.04. The fraction of sp³-hybridized carbons (Fsp3) is 0.429. The monoisotopic (exact) mass is 455 g/mol. The van der Waals surface area contributed by atoms with E-state index in [9.17, 15) is 0 Å². The van der Waals surface area contributed by atoms with Crippen molar-refractivity contribution in [2.45, 2.75) is 39.0 Å². The molecule has 1 aliphatic rings. The van der Waals surface area contributed by atoms with Gasteiger partial charge in [-0.1, -0.05) is 29.8 Å². The molecule has 0 bridgehead atoms. The van der Waals surface area contributed by atoms with Crippen LogP contribution in [-0.2, 0) is 17.9 Å². The Kier molecular flexibility index (Phi) is 8.90. The number of ether oxygens (including phenoxy) is 3. The standard InChI is InChI=1S/C21H26BrNO3.ClH/c1-15-5-7-16(8-6-15)14-26-21-19(22)10-17(11-20(21)24-2)12-23-13-18-4-3-9-25-18;/h5-8,10-11,18,23H,3-4,9,12-14H2,1-2H3;1H. The quantitative estimate of drug-likeness (QED) is 0.604. The van der Waals surface area contributed by atoms with Crippen LogP contribution < -0.4 is 14.8 Å². The molecule has 148 valence electrons. The number of rotatable bonds is 8. The Morgan fingerprint density at radius 1 is 1.19 bits per heavy atom. The summed E-state index contributed by atoms with van der Waals surface area (Å²) in [5.74, 6) is 1.47. The van der Waals surface area contributed by atoms with Gasteiger partial charge in [0.25, 0.3) is 0 Å². The summed E-state index contributed by atoms with van der Waals surface area (Å²) in [4.78, 5) is 0. The van der Waals surface area contributed by atoms with Crippen molar-refractivity contribution in [2.75, 3.05) is 20.3 Å². The summed E-state index contributed by atoms with van der Waals surface area (Å²) in [7, 11) is 1.67. The van der Waals surface area contributed by atoms with Gasteiger partial charge in [-0.25, -0.2) is 0 Å². The third-order valence-electron chi connectivity index (χ3n) is 4.52. The lowest BCUT2D eigenvalue weighted by Crippen LogP contribution is -2.25. The van der Waals surface area contributed by atoms with E-state index in [1.165, 1.54) is 12.0 Å². The second-order valence-electron chi connectivity index (χ2n) is 6.65. The Morgan fingerprint density at radius 3 is 2.63 bits per heavy atom. The SMILES string of the molecule is COc1cc(CNCC2CCCO2)cc(Br)c1OCc1ccc(C)cc1.Cl. The first-order valence-electron chi connectivity index (χ1n) is 9.03. The lowest BCUT2D eigenvalue weighted by molar-refractivity contribution is 0.110. The third kappa shape index (κ3) is 6.39. The zero-order valence-corrected chi connectivity index (χ0v) is 18.2. The third-order valence-corrected chi connectivity index (χ3v) is 5.11. The first kappa shape index (κ1) is 22.0. The fourth-order valence-corrected chi connectivity index (χ4v) is 3.64. The average Bonchev–Trinajstić information content (AvgIpc) is 3.15. The molecule has 1 saturated heterocycles. The van der Waals surface area contributed by atoms with Crippen molar-refractivity contribution < 1.29 is 14.2 Å². The summed E-state index contributed by atoms with van der Waals surface area (Å²) in [5.41, 5.74) is 3.52. The van der Waals surface area contributed by atoms with E-state index in [2.05, 4.69) is 58.5 Å².